The van der Waals surface area contributed by atoms with E-state index in [0.29, 0.717) is 6.54 Å². The molecule has 1 aromatic carbocycles. The normalized spacial score (nSPS) is 35.9. The second kappa shape index (κ2) is 4.60. The first-order chi connectivity index (χ1) is 8.67. The molecule has 0 radical (unpaired) electrons. The minimum absolute atomic E-state index is 0.106. The van der Waals surface area contributed by atoms with E-state index in [1.165, 1.54) is 0 Å². The molecule has 4 unspecified atom stereocenters. The van der Waals surface area contributed by atoms with E-state index >= 15 is 0 Å². The third-order valence-electron chi connectivity index (χ3n) is 4.48. The van der Waals surface area contributed by atoms with E-state index in [2.05, 4.69) is 15.9 Å². The van der Waals surface area contributed by atoms with Crippen LogP contribution in [0.4, 0.5) is 0 Å². The fraction of sp³-hybridized carbons (Fsp3) is 0.571. The molecule has 0 amide bonds. The quantitative estimate of drug-likeness (QED) is 0.901. The first-order valence-corrected chi connectivity index (χ1v) is 7.25. The first-order valence-electron chi connectivity index (χ1n) is 6.45. The Morgan fingerprint density at radius 3 is 2.78 bits per heavy atom. The Hall–Kier alpha value is -0.420. The van der Waals surface area contributed by atoms with Gasteiger partial charge >= 0.3 is 0 Å². The minimum Gasteiger partial charge on any atom is -0.388 e. The molecule has 3 nitrogen and oxygen atoms in total. The summed E-state index contributed by atoms with van der Waals surface area (Å²) in [7, 11) is 0. The lowest BCUT2D eigenvalue weighted by atomic mass is 9.68. The summed E-state index contributed by atoms with van der Waals surface area (Å²) in [6.45, 7) is 0.469. The Bertz CT molecular complexity index is 453. The van der Waals surface area contributed by atoms with Gasteiger partial charge in [0.05, 0.1) is 18.3 Å². The van der Waals surface area contributed by atoms with Gasteiger partial charge < -0.3 is 15.6 Å². The molecule has 2 aliphatic rings. The number of aliphatic hydroxyl groups excluding tert-OH is 1. The second-order valence-electron chi connectivity index (χ2n) is 5.39. The van der Waals surface area contributed by atoms with Gasteiger partial charge in [0.15, 0.2) is 0 Å². The third kappa shape index (κ3) is 1.74. The lowest BCUT2D eigenvalue weighted by Crippen LogP contribution is -2.44. The predicted octanol–water partition coefficient (Wildman–Crippen LogP) is 2.38. The maximum atomic E-state index is 10.8. The molecule has 2 saturated heterocycles. The van der Waals surface area contributed by atoms with Crippen LogP contribution in [0.15, 0.2) is 28.7 Å². The highest BCUT2D eigenvalue weighted by Gasteiger charge is 2.55. The van der Waals surface area contributed by atoms with Gasteiger partial charge in [-0.2, -0.15) is 0 Å². The zero-order chi connectivity index (χ0) is 12.8. The van der Waals surface area contributed by atoms with E-state index in [-0.39, 0.29) is 17.6 Å². The molecule has 2 aliphatic heterocycles. The number of fused-ring (bicyclic) bond motifs is 2. The highest BCUT2D eigenvalue weighted by Crippen LogP contribution is 2.54. The van der Waals surface area contributed by atoms with Crippen LogP contribution in [0.25, 0.3) is 0 Å². The van der Waals surface area contributed by atoms with E-state index in [1.54, 1.807) is 0 Å². The van der Waals surface area contributed by atoms with Crippen LogP contribution in [0, 0.1) is 5.41 Å². The van der Waals surface area contributed by atoms with Gasteiger partial charge in [0, 0.05) is 16.4 Å². The number of aliphatic hydroxyl groups is 1. The molecule has 1 aromatic rings. The first kappa shape index (κ1) is 12.6. The zero-order valence-electron chi connectivity index (χ0n) is 10.2. The molecule has 0 spiro atoms. The SMILES string of the molecule is NCC1(C(O)c2ccccc2Br)CC2CCC1O2. The molecule has 0 saturated carbocycles. The molecule has 4 heteroatoms. The molecule has 2 bridgehead atoms. The van der Waals surface area contributed by atoms with Crippen LogP contribution in [0.3, 0.4) is 0 Å². The van der Waals surface area contributed by atoms with Crippen molar-refractivity contribution < 1.29 is 9.84 Å². The number of halogens is 1. The minimum atomic E-state index is -0.562. The predicted molar refractivity (Wildman–Crippen MR) is 73.1 cm³/mol. The summed E-state index contributed by atoms with van der Waals surface area (Å²) < 4.78 is 6.84. The van der Waals surface area contributed by atoms with Crippen molar-refractivity contribution >= 4 is 15.9 Å². The summed E-state index contributed by atoms with van der Waals surface area (Å²) in [5.41, 5.74) is 6.59. The number of nitrogens with two attached hydrogens (primary N) is 1. The lowest BCUT2D eigenvalue weighted by molar-refractivity contribution is -0.0267. The molecule has 2 fully saturated rings. The lowest BCUT2D eigenvalue weighted by Gasteiger charge is -2.39. The van der Waals surface area contributed by atoms with Crippen molar-refractivity contribution in [3.05, 3.63) is 34.3 Å². The highest BCUT2D eigenvalue weighted by molar-refractivity contribution is 9.10. The average Bonchev–Trinajstić information content (AvgIpc) is 2.99. The van der Waals surface area contributed by atoms with E-state index in [0.717, 1.165) is 29.3 Å². The summed E-state index contributed by atoms with van der Waals surface area (Å²) in [5, 5.41) is 10.8. The van der Waals surface area contributed by atoms with Crippen LogP contribution in [0.5, 0.6) is 0 Å². The average molecular weight is 312 g/mol. The van der Waals surface area contributed by atoms with E-state index in [9.17, 15) is 5.11 Å². The van der Waals surface area contributed by atoms with Gasteiger partial charge in [-0.15, -0.1) is 0 Å². The van der Waals surface area contributed by atoms with Gasteiger partial charge in [0.2, 0.25) is 0 Å². The molecule has 3 rings (SSSR count). The second-order valence-corrected chi connectivity index (χ2v) is 6.24. The Morgan fingerprint density at radius 2 is 2.22 bits per heavy atom. The molecule has 3 N–H and O–H groups in total. The molecule has 4 atom stereocenters. The topological polar surface area (TPSA) is 55.5 Å². The van der Waals surface area contributed by atoms with Crippen molar-refractivity contribution in [3.8, 4) is 0 Å². The molecule has 18 heavy (non-hydrogen) atoms. The number of benzene rings is 1. The molecule has 98 valence electrons. The van der Waals surface area contributed by atoms with Crippen LogP contribution in [-0.2, 0) is 4.74 Å². The van der Waals surface area contributed by atoms with Crippen molar-refractivity contribution in [3.63, 3.8) is 0 Å². The van der Waals surface area contributed by atoms with Crippen LogP contribution >= 0.6 is 15.9 Å². The largest absolute Gasteiger partial charge is 0.388 e. The van der Waals surface area contributed by atoms with Crippen LogP contribution in [0.1, 0.15) is 30.9 Å². The monoisotopic (exact) mass is 311 g/mol. The molecule has 0 aliphatic carbocycles. The van der Waals surface area contributed by atoms with Crippen molar-refractivity contribution in [2.45, 2.75) is 37.6 Å². The maximum Gasteiger partial charge on any atom is 0.0895 e. The Balaban J connectivity index is 1.96. The van der Waals surface area contributed by atoms with Crippen molar-refractivity contribution in [1.82, 2.24) is 0 Å². The number of rotatable bonds is 3. The van der Waals surface area contributed by atoms with Gasteiger partial charge in [0.1, 0.15) is 0 Å². The summed E-state index contributed by atoms with van der Waals surface area (Å²) >= 11 is 3.51. The number of hydrogen-bond acceptors (Lipinski definition) is 3. The van der Waals surface area contributed by atoms with E-state index in [1.807, 2.05) is 24.3 Å². The van der Waals surface area contributed by atoms with E-state index < -0.39 is 6.10 Å². The summed E-state index contributed by atoms with van der Waals surface area (Å²) in [4.78, 5) is 0. The Morgan fingerprint density at radius 1 is 1.44 bits per heavy atom. The molecular weight excluding hydrogens is 294 g/mol. The molecular formula is C14H18BrNO2. The van der Waals surface area contributed by atoms with Crippen LogP contribution in [0.2, 0.25) is 0 Å². The fourth-order valence-electron chi connectivity index (χ4n) is 3.45. The van der Waals surface area contributed by atoms with Crippen molar-refractivity contribution in [2.75, 3.05) is 6.54 Å². The fourth-order valence-corrected chi connectivity index (χ4v) is 3.96. The smallest absolute Gasteiger partial charge is 0.0895 e. The van der Waals surface area contributed by atoms with Gasteiger partial charge in [-0.05, 0) is 30.9 Å². The number of ether oxygens (including phenoxy) is 1. The zero-order valence-corrected chi connectivity index (χ0v) is 11.8. The Labute approximate surface area is 115 Å². The Kier molecular flexibility index (Phi) is 3.22. The standard InChI is InChI=1S/C14H18BrNO2/c15-11-4-2-1-3-10(11)13(17)14(8-16)7-9-5-6-12(14)18-9/h1-4,9,12-13,17H,5-8,16H2. The van der Waals surface area contributed by atoms with Gasteiger partial charge in [0.25, 0.3) is 0 Å². The van der Waals surface area contributed by atoms with E-state index in [4.69, 9.17) is 10.5 Å². The van der Waals surface area contributed by atoms with Gasteiger partial charge in [-0.3, -0.25) is 0 Å². The summed E-state index contributed by atoms with van der Waals surface area (Å²) in [5.74, 6) is 0. The molecule has 0 aromatic heterocycles. The van der Waals surface area contributed by atoms with Crippen LogP contribution in [-0.4, -0.2) is 23.9 Å². The van der Waals surface area contributed by atoms with Gasteiger partial charge in [-0.25, -0.2) is 0 Å². The summed E-state index contributed by atoms with van der Waals surface area (Å²) in [6.07, 6.45) is 2.83. The maximum absolute atomic E-state index is 10.8. The third-order valence-corrected chi connectivity index (χ3v) is 5.20. The van der Waals surface area contributed by atoms with Gasteiger partial charge in [-0.1, -0.05) is 34.1 Å². The number of hydrogen-bond donors (Lipinski definition) is 2. The van der Waals surface area contributed by atoms with Crippen molar-refractivity contribution in [1.29, 1.82) is 0 Å². The van der Waals surface area contributed by atoms with Crippen LogP contribution < -0.4 is 5.73 Å². The molecule has 2 heterocycles. The van der Waals surface area contributed by atoms with Crippen molar-refractivity contribution in [2.24, 2.45) is 11.1 Å². The summed E-state index contributed by atoms with van der Waals surface area (Å²) in [6, 6.07) is 7.81. The highest BCUT2D eigenvalue weighted by atomic mass is 79.9.